The molecule has 0 bridgehead atoms. The number of rotatable bonds is 5. The molecular formula is C9H11NO5S. The van der Waals surface area contributed by atoms with Gasteiger partial charge in [0, 0.05) is 0 Å². The lowest BCUT2D eigenvalue weighted by molar-refractivity contribution is -0.139. The molecule has 0 saturated carbocycles. The quantitative estimate of drug-likeness (QED) is 0.643. The third-order valence-electron chi connectivity index (χ3n) is 1.83. The number of aliphatic hydroxyl groups excluding tert-OH is 1. The number of hydrogen-bond acceptors (Lipinski definition) is 4. The van der Waals surface area contributed by atoms with Gasteiger partial charge >= 0.3 is 5.97 Å². The zero-order valence-corrected chi connectivity index (χ0v) is 9.02. The summed E-state index contributed by atoms with van der Waals surface area (Å²) in [5, 5.41) is 17.3. The molecule has 0 aliphatic carbocycles. The van der Waals surface area contributed by atoms with E-state index in [1.54, 1.807) is 6.07 Å². The molecule has 1 atom stereocenters. The first-order valence-electron chi connectivity index (χ1n) is 4.38. The molecule has 16 heavy (non-hydrogen) atoms. The van der Waals surface area contributed by atoms with E-state index in [9.17, 15) is 13.2 Å². The summed E-state index contributed by atoms with van der Waals surface area (Å²) in [7, 11) is -3.91. The van der Waals surface area contributed by atoms with Crippen LogP contribution < -0.4 is 4.72 Å². The number of sulfonamides is 1. The lowest BCUT2D eigenvalue weighted by Crippen LogP contribution is -2.43. The van der Waals surface area contributed by atoms with Crippen molar-refractivity contribution in [2.24, 2.45) is 0 Å². The average Bonchev–Trinajstić information content (AvgIpc) is 2.27. The molecule has 0 heterocycles. The van der Waals surface area contributed by atoms with Crippen LogP contribution in [-0.4, -0.2) is 37.2 Å². The van der Waals surface area contributed by atoms with Crippen LogP contribution in [0.25, 0.3) is 0 Å². The Morgan fingerprint density at radius 1 is 1.31 bits per heavy atom. The first kappa shape index (κ1) is 12.6. The summed E-state index contributed by atoms with van der Waals surface area (Å²) in [4.78, 5) is 10.5. The number of aliphatic carboxylic acids is 1. The fraction of sp³-hybridized carbons (Fsp3) is 0.222. The second kappa shape index (κ2) is 5.06. The SMILES string of the molecule is O=C(O)[C@@H](CO)NS(=O)(=O)c1ccccc1. The van der Waals surface area contributed by atoms with Crippen LogP contribution in [0.2, 0.25) is 0 Å². The number of carboxylic acid groups (broad SMARTS) is 1. The molecule has 3 N–H and O–H groups in total. The van der Waals surface area contributed by atoms with Crippen molar-refractivity contribution in [3.05, 3.63) is 30.3 Å². The van der Waals surface area contributed by atoms with E-state index in [0.29, 0.717) is 0 Å². The molecule has 88 valence electrons. The molecule has 0 spiro atoms. The summed E-state index contributed by atoms with van der Waals surface area (Å²) in [5.41, 5.74) is 0. The lowest BCUT2D eigenvalue weighted by atomic mass is 10.3. The van der Waals surface area contributed by atoms with Crippen LogP contribution >= 0.6 is 0 Å². The van der Waals surface area contributed by atoms with Crippen LogP contribution in [0.5, 0.6) is 0 Å². The van der Waals surface area contributed by atoms with Crippen molar-refractivity contribution in [2.75, 3.05) is 6.61 Å². The Morgan fingerprint density at radius 3 is 2.31 bits per heavy atom. The zero-order valence-electron chi connectivity index (χ0n) is 8.20. The van der Waals surface area contributed by atoms with Gasteiger partial charge in [0.25, 0.3) is 0 Å². The Bertz CT molecular complexity index is 456. The van der Waals surface area contributed by atoms with Crippen molar-refractivity contribution in [1.29, 1.82) is 0 Å². The molecular weight excluding hydrogens is 234 g/mol. The highest BCUT2D eigenvalue weighted by Gasteiger charge is 2.24. The minimum atomic E-state index is -3.91. The average molecular weight is 245 g/mol. The Kier molecular flexibility index (Phi) is 3.99. The summed E-state index contributed by atoms with van der Waals surface area (Å²) in [6.07, 6.45) is 0. The van der Waals surface area contributed by atoms with Crippen LogP contribution in [0.3, 0.4) is 0 Å². The van der Waals surface area contributed by atoms with E-state index in [1.807, 2.05) is 4.72 Å². The second-order valence-corrected chi connectivity index (χ2v) is 4.72. The lowest BCUT2D eigenvalue weighted by Gasteiger charge is -2.11. The fourth-order valence-electron chi connectivity index (χ4n) is 1.02. The molecule has 1 aromatic rings. The van der Waals surface area contributed by atoms with Gasteiger partial charge in [-0.3, -0.25) is 4.79 Å². The first-order valence-corrected chi connectivity index (χ1v) is 5.86. The maximum Gasteiger partial charge on any atom is 0.324 e. The van der Waals surface area contributed by atoms with Crippen LogP contribution in [0.4, 0.5) is 0 Å². The molecule has 6 nitrogen and oxygen atoms in total. The van der Waals surface area contributed by atoms with E-state index in [4.69, 9.17) is 10.2 Å². The predicted octanol–water partition coefficient (Wildman–Crippen LogP) is -0.590. The van der Waals surface area contributed by atoms with Crippen molar-refractivity contribution in [1.82, 2.24) is 4.72 Å². The molecule has 0 aromatic heterocycles. The van der Waals surface area contributed by atoms with Crippen molar-refractivity contribution < 1.29 is 23.4 Å². The van der Waals surface area contributed by atoms with E-state index in [2.05, 4.69) is 0 Å². The molecule has 0 aliphatic rings. The summed E-state index contributed by atoms with van der Waals surface area (Å²) in [6, 6.07) is 5.80. The molecule has 0 amide bonds. The highest BCUT2D eigenvalue weighted by Crippen LogP contribution is 2.07. The summed E-state index contributed by atoms with van der Waals surface area (Å²) < 4.78 is 25.1. The molecule has 1 aromatic carbocycles. The molecule has 0 saturated heterocycles. The third-order valence-corrected chi connectivity index (χ3v) is 3.32. The van der Waals surface area contributed by atoms with Crippen molar-refractivity contribution in [3.63, 3.8) is 0 Å². The maximum absolute atomic E-state index is 11.6. The monoisotopic (exact) mass is 245 g/mol. The Hall–Kier alpha value is -1.44. The van der Waals surface area contributed by atoms with Crippen LogP contribution in [-0.2, 0) is 14.8 Å². The van der Waals surface area contributed by atoms with Gasteiger partial charge in [0.05, 0.1) is 11.5 Å². The number of nitrogens with one attached hydrogen (secondary N) is 1. The largest absolute Gasteiger partial charge is 0.480 e. The van der Waals surface area contributed by atoms with Gasteiger partial charge in [-0.2, -0.15) is 4.72 Å². The molecule has 0 unspecified atom stereocenters. The van der Waals surface area contributed by atoms with E-state index >= 15 is 0 Å². The number of benzene rings is 1. The van der Waals surface area contributed by atoms with Crippen LogP contribution in [0.1, 0.15) is 0 Å². The Labute approximate surface area is 92.6 Å². The van der Waals surface area contributed by atoms with Crippen molar-refractivity contribution in [2.45, 2.75) is 10.9 Å². The normalized spacial score (nSPS) is 13.3. The summed E-state index contributed by atoms with van der Waals surface area (Å²) in [5.74, 6) is -1.43. The maximum atomic E-state index is 11.6. The van der Waals surface area contributed by atoms with Gasteiger partial charge in [0.2, 0.25) is 10.0 Å². The molecule has 0 fully saturated rings. The molecule has 1 rings (SSSR count). The second-order valence-electron chi connectivity index (χ2n) is 3.01. The molecule has 0 aliphatic heterocycles. The van der Waals surface area contributed by atoms with Crippen LogP contribution in [0.15, 0.2) is 35.2 Å². The molecule has 7 heteroatoms. The van der Waals surface area contributed by atoms with Crippen molar-refractivity contribution >= 4 is 16.0 Å². The van der Waals surface area contributed by atoms with Gasteiger partial charge in [0.15, 0.2) is 0 Å². The number of carbonyl (C=O) groups is 1. The minimum Gasteiger partial charge on any atom is -0.480 e. The first-order chi connectivity index (χ1) is 7.47. The van der Waals surface area contributed by atoms with Gasteiger partial charge in [0.1, 0.15) is 6.04 Å². The topological polar surface area (TPSA) is 104 Å². The van der Waals surface area contributed by atoms with Gasteiger partial charge < -0.3 is 10.2 Å². The Morgan fingerprint density at radius 2 is 1.88 bits per heavy atom. The fourth-order valence-corrected chi connectivity index (χ4v) is 2.22. The van der Waals surface area contributed by atoms with Gasteiger partial charge in [-0.1, -0.05) is 18.2 Å². The van der Waals surface area contributed by atoms with Crippen LogP contribution in [0, 0.1) is 0 Å². The van der Waals surface area contributed by atoms with Gasteiger partial charge in [-0.15, -0.1) is 0 Å². The molecule has 0 radical (unpaired) electrons. The van der Waals surface area contributed by atoms with E-state index in [1.165, 1.54) is 24.3 Å². The van der Waals surface area contributed by atoms with Crippen molar-refractivity contribution in [3.8, 4) is 0 Å². The smallest absolute Gasteiger partial charge is 0.324 e. The van der Waals surface area contributed by atoms with E-state index in [0.717, 1.165) is 0 Å². The highest BCUT2D eigenvalue weighted by molar-refractivity contribution is 7.89. The third kappa shape index (κ3) is 3.02. The number of carboxylic acids is 1. The Balaban J connectivity index is 2.92. The zero-order chi connectivity index (χ0) is 12.2. The number of hydrogen-bond donors (Lipinski definition) is 3. The van der Waals surface area contributed by atoms with E-state index in [-0.39, 0.29) is 4.90 Å². The van der Waals surface area contributed by atoms with Gasteiger partial charge in [-0.25, -0.2) is 8.42 Å². The number of aliphatic hydroxyl groups is 1. The highest BCUT2D eigenvalue weighted by atomic mass is 32.2. The predicted molar refractivity (Wildman–Crippen MR) is 55.3 cm³/mol. The summed E-state index contributed by atoms with van der Waals surface area (Å²) in [6.45, 7) is -0.804. The van der Waals surface area contributed by atoms with E-state index < -0.39 is 28.6 Å². The standard InChI is InChI=1S/C9H11NO5S/c11-6-8(9(12)13)10-16(14,15)7-4-2-1-3-5-7/h1-5,8,10-11H,6H2,(H,12,13)/t8-/m1/s1. The summed E-state index contributed by atoms with van der Waals surface area (Å²) >= 11 is 0. The van der Waals surface area contributed by atoms with Gasteiger partial charge in [-0.05, 0) is 12.1 Å². The minimum absolute atomic E-state index is 0.0466.